The van der Waals surface area contributed by atoms with Gasteiger partial charge < -0.3 is 23.8 Å². The molecule has 1 aromatic rings. The van der Waals surface area contributed by atoms with Crippen LogP contribution in [0.25, 0.3) is 0 Å². The van der Waals surface area contributed by atoms with Crippen LogP contribution in [-0.4, -0.2) is 60.7 Å². The largest absolute Gasteiger partial charge is 0.491 e. The molecule has 0 bridgehead atoms. The molecule has 1 heterocycles. The van der Waals surface area contributed by atoms with Crippen molar-refractivity contribution in [3.05, 3.63) is 24.3 Å². The van der Waals surface area contributed by atoms with Gasteiger partial charge in [-0.2, -0.15) is 0 Å². The van der Waals surface area contributed by atoms with E-state index in [0.29, 0.717) is 37.7 Å². The molecule has 1 aliphatic heterocycles. The highest BCUT2D eigenvalue weighted by Gasteiger charge is 2.28. The number of anilines is 1. The number of hydrogen-bond acceptors (Lipinski definition) is 6. The van der Waals surface area contributed by atoms with Gasteiger partial charge in [-0.25, -0.2) is 9.59 Å². The van der Waals surface area contributed by atoms with Crippen molar-refractivity contribution in [2.45, 2.75) is 58.8 Å². The summed E-state index contributed by atoms with van der Waals surface area (Å²) >= 11 is 0. The van der Waals surface area contributed by atoms with E-state index in [1.54, 1.807) is 49.9 Å². The Morgan fingerprint density at radius 3 is 2.28 bits per heavy atom. The number of morpholine rings is 1. The zero-order valence-electron chi connectivity index (χ0n) is 18.1. The van der Waals surface area contributed by atoms with Crippen LogP contribution in [-0.2, 0) is 14.2 Å². The van der Waals surface area contributed by atoms with Crippen molar-refractivity contribution in [1.29, 1.82) is 0 Å². The summed E-state index contributed by atoms with van der Waals surface area (Å²) in [5.41, 5.74) is -0.479. The molecule has 1 aliphatic rings. The minimum absolute atomic E-state index is 0.240. The molecule has 0 aromatic heterocycles. The molecule has 0 spiro atoms. The fourth-order valence-electron chi connectivity index (χ4n) is 2.56. The fourth-order valence-corrected chi connectivity index (χ4v) is 2.56. The molecule has 0 radical (unpaired) electrons. The van der Waals surface area contributed by atoms with Gasteiger partial charge in [-0.05, 0) is 65.8 Å². The van der Waals surface area contributed by atoms with E-state index in [2.05, 4.69) is 5.32 Å². The summed E-state index contributed by atoms with van der Waals surface area (Å²) < 4.78 is 22.1. The Bertz CT molecular complexity index is 691. The van der Waals surface area contributed by atoms with Crippen LogP contribution in [0.2, 0.25) is 0 Å². The lowest BCUT2D eigenvalue weighted by atomic mass is 10.2. The van der Waals surface area contributed by atoms with Crippen molar-refractivity contribution in [3.63, 3.8) is 0 Å². The van der Waals surface area contributed by atoms with Crippen LogP contribution in [0.4, 0.5) is 15.3 Å². The number of ether oxygens (including phenoxy) is 4. The lowest BCUT2D eigenvalue weighted by Gasteiger charge is -2.34. The summed E-state index contributed by atoms with van der Waals surface area (Å²) in [6.45, 7) is 12.6. The summed E-state index contributed by atoms with van der Waals surface area (Å²) in [4.78, 5) is 25.6. The Balaban J connectivity index is 1.80. The number of carbonyl (C=O) groups is 2. The number of nitrogens with one attached hydrogen (secondary N) is 1. The van der Waals surface area contributed by atoms with Gasteiger partial charge in [0.15, 0.2) is 0 Å². The normalized spacial score (nSPS) is 17.4. The van der Waals surface area contributed by atoms with E-state index < -0.39 is 17.3 Å². The SMILES string of the molecule is CC(C)(C)OC(=O)Nc1ccc(OCC2CN(C(=O)OC(C)(C)C)CCO2)cc1. The first-order valence-corrected chi connectivity index (χ1v) is 9.74. The van der Waals surface area contributed by atoms with Crippen LogP contribution in [0.3, 0.4) is 0 Å². The molecule has 1 unspecified atom stereocenters. The van der Waals surface area contributed by atoms with Crippen molar-refractivity contribution >= 4 is 17.9 Å². The third kappa shape index (κ3) is 8.60. The van der Waals surface area contributed by atoms with Crippen LogP contribution in [0.1, 0.15) is 41.5 Å². The molecule has 1 fully saturated rings. The minimum Gasteiger partial charge on any atom is -0.491 e. The van der Waals surface area contributed by atoms with E-state index in [9.17, 15) is 9.59 Å². The molecule has 0 saturated carbocycles. The molecule has 1 N–H and O–H groups in total. The molecule has 1 aromatic carbocycles. The van der Waals surface area contributed by atoms with Crippen LogP contribution in [0, 0.1) is 0 Å². The third-order valence-corrected chi connectivity index (χ3v) is 3.73. The van der Waals surface area contributed by atoms with Crippen molar-refractivity contribution in [1.82, 2.24) is 4.90 Å². The lowest BCUT2D eigenvalue weighted by molar-refractivity contribution is -0.0557. The second kappa shape index (κ2) is 9.35. The summed E-state index contributed by atoms with van der Waals surface area (Å²) in [6, 6.07) is 6.96. The summed E-state index contributed by atoms with van der Waals surface area (Å²) in [6.07, 6.45) is -1.09. The molecule has 0 aliphatic carbocycles. The minimum atomic E-state index is -0.555. The smallest absolute Gasteiger partial charge is 0.412 e. The van der Waals surface area contributed by atoms with E-state index in [1.807, 2.05) is 20.8 Å². The van der Waals surface area contributed by atoms with E-state index in [-0.39, 0.29) is 12.2 Å². The van der Waals surface area contributed by atoms with Gasteiger partial charge in [0.05, 0.1) is 13.2 Å². The zero-order chi connectivity index (χ0) is 21.7. The number of carbonyl (C=O) groups excluding carboxylic acids is 2. The van der Waals surface area contributed by atoms with Gasteiger partial charge >= 0.3 is 12.2 Å². The Morgan fingerprint density at radius 1 is 1.07 bits per heavy atom. The number of hydrogen-bond donors (Lipinski definition) is 1. The predicted octanol–water partition coefficient (Wildman–Crippen LogP) is 4.05. The topological polar surface area (TPSA) is 86.3 Å². The monoisotopic (exact) mass is 408 g/mol. The van der Waals surface area contributed by atoms with E-state index in [0.717, 1.165) is 0 Å². The highest BCUT2D eigenvalue weighted by Crippen LogP contribution is 2.18. The highest BCUT2D eigenvalue weighted by atomic mass is 16.6. The molecule has 162 valence electrons. The maximum atomic E-state index is 12.2. The lowest BCUT2D eigenvalue weighted by Crippen LogP contribution is -2.49. The van der Waals surface area contributed by atoms with Gasteiger partial charge in [-0.1, -0.05) is 0 Å². The average Bonchev–Trinajstić information content (AvgIpc) is 2.58. The second-order valence-electron chi connectivity index (χ2n) is 8.88. The van der Waals surface area contributed by atoms with Crippen molar-refractivity contribution in [3.8, 4) is 5.75 Å². The summed E-state index contributed by atoms with van der Waals surface area (Å²) in [7, 11) is 0. The molecule has 2 rings (SSSR count). The highest BCUT2D eigenvalue weighted by molar-refractivity contribution is 5.84. The Hall–Kier alpha value is -2.48. The Kier molecular flexibility index (Phi) is 7.35. The molecular weight excluding hydrogens is 376 g/mol. The molecule has 2 amide bonds. The van der Waals surface area contributed by atoms with Crippen LogP contribution in [0.5, 0.6) is 5.75 Å². The number of rotatable bonds is 4. The van der Waals surface area contributed by atoms with E-state index >= 15 is 0 Å². The van der Waals surface area contributed by atoms with E-state index in [4.69, 9.17) is 18.9 Å². The molecule has 1 saturated heterocycles. The molecule has 1 atom stereocenters. The van der Waals surface area contributed by atoms with Crippen molar-refractivity contribution < 1.29 is 28.5 Å². The number of nitrogens with zero attached hydrogens (tertiary/aromatic N) is 1. The fraction of sp³-hybridized carbons (Fsp3) is 0.619. The number of amides is 2. The third-order valence-electron chi connectivity index (χ3n) is 3.73. The number of benzene rings is 1. The first-order chi connectivity index (χ1) is 13.4. The first kappa shape index (κ1) is 22.8. The van der Waals surface area contributed by atoms with Gasteiger partial charge in [0.25, 0.3) is 0 Å². The molecule has 8 heteroatoms. The van der Waals surface area contributed by atoms with Crippen molar-refractivity contribution in [2.75, 3.05) is 31.6 Å². The average molecular weight is 408 g/mol. The first-order valence-electron chi connectivity index (χ1n) is 9.74. The van der Waals surface area contributed by atoms with Gasteiger partial charge in [-0.3, -0.25) is 5.32 Å². The van der Waals surface area contributed by atoms with Crippen LogP contribution in [0.15, 0.2) is 24.3 Å². The zero-order valence-corrected chi connectivity index (χ0v) is 18.1. The van der Waals surface area contributed by atoms with Crippen molar-refractivity contribution in [2.24, 2.45) is 0 Å². The predicted molar refractivity (Wildman–Crippen MR) is 109 cm³/mol. The Morgan fingerprint density at radius 2 is 1.69 bits per heavy atom. The standard InChI is InChI=1S/C21H32N2O6/c1-20(2,3)28-18(24)22-15-7-9-16(10-8-15)27-14-17-13-23(11-12-26-17)19(25)29-21(4,5)6/h7-10,17H,11-14H2,1-6H3,(H,22,24). The maximum Gasteiger partial charge on any atom is 0.412 e. The second-order valence-corrected chi connectivity index (χ2v) is 8.88. The molecular formula is C21H32N2O6. The van der Waals surface area contributed by atoms with E-state index in [1.165, 1.54) is 0 Å². The summed E-state index contributed by atoms with van der Waals surface area (Å²) in [5, 5.41) is 2.67. The Labute approximate surface area is 172 Å². The van der Waals surface area contributed by atoms with Gasteiger partial charge in [-0.15, -0.1) is 0 Å². The quantitative estimate of drug-likeness (QED) is 0.809. The van der Waals surface area contributed by atoms with Gasteiger partial charge in [0.2, 0.25) is 0 Å². The van der Waals surface area contributed by atoms with Gasteiger partial charge in [0.1, 0.15) is 29.7 Å². The molecule has 29 heavy (non-hydrogen) atoms. The molecule has 8 nitrogen and oxygen atoms in total. The van der Waals surface area contributed by atoms with Crippen LogP contribution >= 0.6 is 0 Å². The summed E-state index contributed by atoms with van der Waals surface area (Å²) in [5.74, 6) is 0.637. The van der Waals surface area contributed by atoms with Crippen LogP contribution < -0.4 is 10.1 Å². The van der Waals surface area contributed by atoms with Gasteiger partial charge in [0, 0.05) is 12.2 Å². The maximum absolute atomic E-state index is 12.2.